The summed E-state index contributed by atoms with van der Waals surface area (Å²) in [6.45, 7) is 0. The molecule has 6 nitrogen and oxygen atoms in total. The third-order valence-corrected chi connectivity index (χ3v) is 4.66. The van der Waals surface area contributed by atoms with Crippen LogP contribution in [-0.4, -0.2) is 46.5 Å². The number of halogens is 2. The van der Waals surface area contributed by atoms with E-state index in [4.69, 9.17) is 28.3 Å². The Bertz CT molecular complexity index is 718. The van der Waals surface area contributed by atoms with Crippen LogP contribution in [0.5, 0.6) is 0 Å². The number of carbonyl (C=O) groups is 4. The molecule has 2 rings (SSSR count). The number of likely N-dealkylation sites (N-methyl/N-ethyl adjacent to an activating group) is 1. The third-order valence-electron chi connectivity index (χ3n) is 4.08. The molecule has 2 atom stereocenters. The van der Waals surface area contributed by atoms with Crippen molar-refractivity contribution in [3.8, 4) is 0 Å². The van der Waals surface area contributed by atoms with Crippen LogP contribution in [0.3, 0.4) is 0 Å². The maximum Gasteiger partial charge on any atom is 0.303 e. The molecule has 1 aliphatic heterocycles. The average molecular weight is 372 g/mol. The van der Waals surface area contributed by atoms with Gasteiger partial charge in [0.2, 0.25) is 5.78 Å². The van der Waals surface area contributed by atoms with E-state index in [0.717, 1.165) is 4.90 Å². The minimum atomic E-state index is -1.17. The molecule has 0 aliphatic carbocycles. The van der Waals surface area contributed by atoms with Crippen LogP contribution in [0.25, 0.3) is 0 Å². The maximum absolute atomic E-state index is 12.6. The largest absolute Gasteiger partial charge is 0.481 e. The number of hydrogen-bond acceptors (Lipinski definition) is 4. The summed E-state index contributed by atoms with van der Waals surface area (Å²) in [5.41, 5.74) is 0.498. The van der Waals surface area contributed by atoms with Crippen molar-refractivity contribution in [3.05, 3.63) is 33.8 Å². The van der Waals surface area contributed by atoms with Crippen LogP contribution in [0.15, 0.2) is 18.2 Å². The molecule has 1 aromatic carbocycles. The molecular weight excluding hydrogens is 357 g/mol. The Morgan fingerprint density at radius 1 is 1.25 bits per heavy atom. The Labute approximate surface area is 148 Å². The second-order valence-corrected chi connectivity index (χ2v) is 6.48. The molecule has 0 saturated carbocycles. The molecule has 8 heteroatoms. The van der Waals surface area contributed by atoms with E-state index in [9.17, 15) is 19.2 Å². The number of ketones is 2. The Kier molecular flexibility index (Phi) is 5.62. The van der Waals surface area contributed by atoms with Gasteiger partial charge in [-0.25, -0.2) is 0 Å². The average Bonchev–Trinajstić information content (AvgIpc) is 2.72. The monoisotopic (exact) mass is 371 g/mol. The Morgan fingerprint density at radius 2 is 1.92 bits per heavy atom. The van der Waals surface area contributed by atoms with Gasteiger partial charge in [0.05, 0.1) is 0 Å². The summed E-state index contributed by atoms with van der Waals surface area (Å²) in [5, 5.41) is 9.52. The molecule has 0 aromatic heterocycles. The Morgan fingerprint density at radius 3 is 2.50 bits per heavy atom. The third kappa shape index (κ3) is 3.76. The number of hydrogen-bond donors (Lipinski definition) is 1. The molecule has 24 heavy (non-hydrogen) atoms. The number of carboxylic acid groups (broad SMARTS) is 1. The predicted octanol–water partition coefficient (Wildman–Crippen LogP) is 2.00. The highest BCUT2D eigenvalue weighted by Crippen LogP contribution is 2.29. The van der Waals surface area contributed by atoms with E-state index < -0.39 is 35.4 Å². The fourth-order valence-electron chi connectivity index (χ4n) is 2.81. The summed E-state index contributed by atoms with van der Waals surface area (Å²) in [6.07, 6.45) is -0.327. The number of nitrogens with zero attached hydrogens (tertiary/aromatic N) is 1. The second-order valence-electron chi connectivity index (χ2n) is 5.64. The summed E-state index contributed by atoms with van der Waals surface area (Å²) >= 11 is 11.8. The van der Waals surface area contributed by atoms with E-state index in [1.54, 1.807) is 12.1 Å². The van der Waals surface area contributed by atoms with Gasteiger partial charge in [-0.05, 0) is 24.1 Å². The lowest BCUT2D eigenvalue weighted by atomic mass is 9.88. The van der Waals surface area contributed by atoms with Gasteiger partial charge < -0.3 is 10.0 Å². The van der Waals surface area contributed by atoms with Crippen molar-refractivity contribution in [3.63, 3.8) is 0 Å². The summed E-state index contributed by atoms with van der Waals surface area (Å²) in [6, 6.07) is 3.90. The van der Waals surface area contributed by atoms with E-state index in [1.165, 1.54) is 13.1 Å². The topological polar surface area (TPSA) is 91.8 Å². The van der Waals surface area contributed by atoms with Crippen LogP contribution in [0.4, 0.5) is 0 Å². The minimum absolute atomic E-state index is 0.0358. The molecule has 1 fully saturated rings. The van der Waals surface area contributed by atoms with E-state index in [-0.39, 0.29) is 19.3 Å². The molecule has 0 bridgehead atoms. The molecule has 0 radical (unpaired) electrons. The zero-order valence-corrected chi connectivity index (χ0v) is 14.3. The first-order valence-corrected chi connectivity index (χ1v) is 7.97. The number of aliphatic carboxylic acids is 1. The summed E-state index contributed by atoms with van der Waals surface area (Å²) in [7, 11) is 1.40. The van der Waals surface area contributed by atoms with Crippen LogP contribution in [0.2, 0.25) is 10.0 Å². The quantitative estimate of drug-likeness (QED) is 0.609. The number of benzene rings is 1. The van der Waals surface area contributed by atoms with E-state index >= 15 is 0 Å². The molecule has 1 heterocycles. The van der Waals surface area contributed by atoms with Gasteiger partial charge in [-0.1, -0.05) is 29.3 Å². The molecule has 1 aromatic rings. The van der Waals surface area contributed by atoms with Crippen molar-refractivity contribution < 1.29 is 24.3 Å². The van der Waals surface area contributed by atoms with Crippen molar-refractivity contribution in [2.24, 2.45) is 5.92 Å². The smallest absolute Gasteiger partial charge is 0.303 e. The Balaban J connectivity index is 2.22. The van der Waals surface area contributed by atoms with Crippen LogP contribution < -0.4 is 0 Å². The SMILES string of the molecule is CN1C(=O)C(=O)C(C(=O)Cc2ccc(Cl)cc2Cl)C1CCC(=O)O. The summed E-state index contributed by atoms with van der Waals surface area (Å²) in [4.78, 5) is 48.5. The fraction of sp³-hybridized carbons (Fsp3) is 0.375. The molecule has 0 spiro atoms. The van der Waals surface area contributed by atoms with Crippen molar-refractivity contribution in [1.29, 1.82) is 0 Å². The molecule has 2 unspecified atom stereocenters. The standard InChI is InChI=1S/C16H15Cl2NO5/c1-19-11(4-5-13(21)22)14(15(23)16(19)24)12(20)6-8-2-3-9(17)7-10(8)18/h2-3,7,11,14H,4-6H2,1H3,(H,21,22). The van der Waals surface area contributed by atoms with Crippen LogP contribution in [0, 0.1) is 5.92 Å². The number of rotatable bonds is 6. The number of likely N-dealkylation sites (tertiary alicyclic amines) is 1. The van der Waals surface area contributed by atoms with Gasteiger partial charge in [0.25, 0.3) is 5.91 Å². The predicted molar refractivity (Wildman–Crippen MR) is 87.1 cm³/mol. The maximum atomic E-state index is 12.6. The number of carboxylic acids is 1. The molecule has 1 aliphatic rings. The van der Waals surface area contributed by atoms with Crippen LogP contribution in [-0.2, 0) is 25.6 Å². The second kappa shape index (κ2) is 7.32. The first-order chi connectivity index (χ1) is 11.2. The van der Waals surface area contributed by atoms with Gasteiger partial charge in [-0.15, -0.1) is 0 Å². The lowest BCUT2D eigenvalue weighted by molar-refractivity contribution is -0.141. The van der Waals surface area contributed by atoms with E-state index in [0.29, 0.717) is 15.6 Å². The normalized spacial score (nSPS) is 20.5. The zero-order valence-electron chi connectivity index (χ0n) is 12.8. The van der Waals surface area contributed by atoms with Gasteiger partial charge >= 0.3 is 5.97 Å². The lowest BCUT2D eigenvalue weighted by Crippen LogP contribution is -2.35. The van der Waals surface area contributed by atoms with Crippen LogP contribution in [0.1, 0.15) is 18.4 Å². The molecule has 128 valence electrons. The van der Waals surface area contributed by atoms with Gasteiger partial charge in [0.1, 0.15) is 11.7 Å². The van der Waals surface area contributed by atoms with Crippen molar-refractivity contribution in [2.45, 2.75) is 25.3 Å². The molecule has 1 N–H and O–H groups in total. The highest BCUT2D eigenvalue weighted by molar-refractivity contribution is 6.43. The first-order valence-electron chi connectivity index (χ1n) is 7.21. The lowest BCUT2D eigenvalue weighted by Gasteiger charge is -2.22. The highest BCUT2D eigenvalue weighted by atomic mass is 35.5. The van der Waals surface area contributed by atoms with Crippen molar-refractivity contribution in [1.82, 2.24) is 4.90 Å². The van der Waals surface area contributed by atoms with Gasteiger partial charge in [-0.2, -0.15) is 0 Å². The highest BCUT2D eigenvalue weighted by Gasteiger charge is 2.48. The number of Topliss-reactive ketones (excluding diaryl/α,β-unsaturated/α-hetero) is 2. The number of amides is 1. The molecule has 1 amide bonds. The van der Waals surface area contributed by atoms with Crippen molar-refractivity contribution >= 4 is 46.6 Å². The van der Waals surface area contributed by atoms with Crippen molar-refractivity contribution in [2.75, 3.05) is 7.05 Å². The van der Waals surface area contributed by atoms with E-state index in [1.807, 2.05) is 0 Å². The van der Waals surface area contributed by atoms with Gasteiger partial charge in [0, 0.05) is 36.0 Å². The number of carbonyl (C=O) groups excluding carboxylic acids is 3. The first kappa shape index (κ1) is 18.4. The minimum Gasteiger partial charge on any atom is -0.481 e. The zero-order chi connectivity index (χ0) is 18.0. The van der Waals surface area contributed by atoms with Gasteiger partial charge in [0.15, 0.2) is 0 Å². The van der Waals surface area contributed by atoms with Gasteiger partial charge in [-0.3, -0.25) is 19.2 Å². The molecule has 1 saturated heterocycles. The van der Waals surface area contributed by atoms with E-state index in [2.05, 4.69) is 0 Å². The molecular formula is C16H15Cl2NO5. The Hall–Kier alpha value is -1.92. The van der Waals surface area contributed by atoms with Crippen LogP contribution >= 0.6 is 23.2 Å². The summed E-state index contributed by atoms with van der Waals surface area (Å²) in [5.74, 6) is -4.26. The fourth-order valence-corrected chi connectivity index (χ4v) is 3.29. The summed E-state index contributed by atoms with van der Waals surface area (Å²) < 4.78 is 0.